The molecule has 26 heavy (non-hydrogen) atoms. The smallest absolute Gasteiger partial charge is 0.234 e. The Morgan fingerprint density at radius 1 is 1.15 bits per heavy atom. The zero-order chi connectivity index (χ0) is 18.5. The molecule has 0 radical (unpaired) electrons. The van der Waals surface area contributed by atoms with Gasteiger partial charge in [-0.05, 0) is 36.2 Å². The summed E-state index contributed by atoms with van der Waals surface area (Å²) in [5.41, 5.74) is 2.98. The number of hydrogen-bond donors (Lipinski definition) is 1. The van der Waals surface area contributed by atoms with E-state index in [9.17, 15) is 4.79 Å². The predicted octanol–water partition coefficient (Wildman–Crippen LogP) is 4.10. The summed E-state index contributed by atoms with van der Waals surface area (Å²) >= 11 is 7.28. The van der Waals surface area contributed by atoms with Gasteiger partial charge in [0.15, 0.2) is 5.16 Å². The monoisotopic (exact) mass is 386 g/mol. The van der Waals surface area contributed by atoms with Crippen LogP contribution in [0, 0.1) is 6.92 Å². The van der Waals surface area contributed by atoms with Crippen molar-refractivity contribution in [3.05, 3.63) is 70.5 Å². The zero-order valence-electron chi connectivity index (χ0n) is 14.6. The first-order chi connectivity index (χ1) is 12.5. The van der Waals surface area contributed by atoms with E-state index in [4.69, 9.17) is 11.6 Å². The van der Waals surface area contributed by atoms with Gasteiger partial charge in [0.2, 0.25) is 5.91 Å². The molecule has 5 nitrogen and oxygen atoms in total. The number of anilines is 1. The largest absolute Gasteiger partial charge is 0.325 e. The molecule has 0 aliphatic rings. The number of hydrogen-bond acceptors (Lipinski definition) is 4. The first-order valence-electron chi connectivity index (χ1n) is 8.14. The molecule has 0 saturated carbocycles. The van der Waals surface area contributed by atoms with Gasteiger partial charge in [0, 0.05) is 24.2 Å². The van der Waals surface area contributed by atoms with Gasteiger partial charge in [-0.25, -0.2) is 0 Å². The van der Waals surface area contributed by atoms with Crippen molar-refractivity contribution in [2.75, 3.05) is 11.1 Å². The molecule has 0 spiro atoms. The van der Waals surface area contributed by atoms with Crippen molar-refractivity contribution < 1.29 is 4.79 Å². The lowest BCUT2D eigenvalue weighted by Gasteiger charge is -2.08. The van der Waals surface area contributed by atoms with E-state index in [0.717, 1.165) is 22.6 Å². The molecule has 0 atom stereocenters. The summed E-state index contributed by atoms with van der Waals surface area (Å²) in [6.07, 6.45) is 0.663. The van der Waals surface area contributed by atoms with Crippen LogP contribution in [0.2, 0.25) is 5.02 Å². The number of halogens is 1. The summed E-state index contributed by atoms with van der Waals surface area (Å²) in [6, 6.07) is 15.4. The Bertz CT molecular complexity index is 908. The standard InChI is InChI=1S/C19H19ClN4OS/c1-13-5-3-4-6-16(13)21-18(25)12-26-19-23-22-17(24(19)2)11-14-7-9-15(20)10-8-14/h3-10H,11-12H2,1-2H3,(H,21,25). The number of benzene rings is 2. The Labute approximate surface area is 161 Å². The average Bonchev–Trinajstić information content (AvgIpc) is 2.97. The van der Waals surface area contributed by atoms with Gasteiger partial charge in [-0.1, -0.05) is 53.7 Å². The lowest BCUT2D eigenvalue weighted by molar-refractivity contribution is -0.113. The summed E-state index contributed by atoms with van der Waals surface area (Å²) < 4.78 is 1.92. The second-order valence-corrected chi connectivity index (χ2v) is 7.29. The van der Waals surface area contributed by atoms with E-state index in [1.165, 1.54) is 11.8 Å². The van der Waals surface area contributed by atoms with Crippen molar-refractivity contribution in [1.82, 2.24) is 14.8 Å². The van der Waals surface area contributed by atoms with Crippen LogP contribution in [0.4, 0.5) is 5.69 Å². The molecule has 0 aliphatic heterocycles. The number of carbonyl (C=O) groups is 1. The summed E-state index contributed by atoms with van der Waals surface area (Å²) in [5, 5.41) is 12.8. The van der Waals surface area contributed by atoms with Crippen LogP contribution in [-0.2, 0) is 18.3 Å². The van der Waals surface area contributed by atoms with Crippen molar-refractivity contribution in [3.63, 3.8) is 0 Å². The minimum Gasteiger partial charge on any atom is -0.325 e. The molecule has 0 saturated heterocycles. The Balaban J connectivity index is 1.59. The van der Waals surface area contributed by atoms with Crippen molar-refractivity contribution in [2.45, 2.75) is 18.5 Å². The van der Waals surface area contributed by atoms with Gasteiger partial charge >= 0.3 is 0 Å². The summed E-state index contributed by atoms with van der Waals surface area (Å²) in [6.45, 7) is 1.97. The van der Waals surface area contributed by atoms with Gasteiger partial charge in [0.25, 0.3) is 0 Å². The summed E-state index contributed by atoms with van der Waals surface area (Å²) in [7, 11) is 1.91. The van der Waals surface area contributed by atoms with E-state index in [0.29, 0.717) is 16.6 Å². The maximum absolute atomic E-state index is 12.2. The fourth-order valence-corrected chi connectivity index (χ4v) is 3.29. The maximum atomic E-state index is 12.2. The van der Waals surface area contributed by atoms with Crippen molar-refractivity contribution in [2.24, 2.45) is 7.05 Å². The maximum Gasteiger partial charge on any atom is 0.234 e. The molecule has 0 bridgehead atoms. The summed E-state index contributed by atoms with van der Waals surface area (Å²) in [4.78, 5) is 12.2. The van der Waals surface area contributed by atoms with Crippen LogP contribution in [0.5, 0.6) is 0 Å². The number of aromatic nitrogens is 3. The molecule has 1 heterocycles. The molecule has 3 rings (SSSR count). The van der Waals surface area contributed by atoms with E-state index in [-0.39, 0.29) is 11.7 Å². The van der Waals surface area contributed by atoms with E-state index in [1.807, 2.05) is 67.1 Å². The molecule has 0 aliphatic carbocycles. The molecule has 0 unspecified atom stereocenters. The quantitative estimate of drug-likeness (QED) is 0.648. The number of aryl methyl sites for hydroxylation is 1. The lowest BCUT2D eigenvalue weighted by atomic mass is 10.1. The van der Waals surface area contributed by atoms with Gasteiger partial charge in [-0.3, -0.25) is 4.79 Å². The first-order valence-corrected chi connectivity index (χ1v) is 9.50. The Kier molecular flexibility index (Phi) is 5.96. The molecule has 1 amide bonds. The fourth-order valence-electron chi connectivity index (χ4n) is 2.44. The lowest BCUT2D eigenvalue weighted by Crippen LogP contribution is -2.15. The number of amides is 1. The van der Waals surface area contributed by atoms with E-state index in [2.05, 4.69) is 15.5 Å². The molecule has 1 N–H and O–H groups in total. The van der Waals surface area contributed by atoms with Gasteiger partial charge < -0.3 is 9.88 Å². The van der Waals surface area contributed by atoms with Crippen molar-refractivity contribution >= 4 is 35.0 Å². The highest BCUT2D eigenvalue weighted by atomic mass is 35.5. The Morgan fingerprint density at radius 3 is 2.62 bits per heavy atom. The van der Waals surface area contributed by atoms with Crippen molar-refractivity contribution in [3.8, 4) is 0 Å². The molecule has 1 aromatic heterocycles. The third-order valence-corrected chi connectivity index (χ3v) is 5.22. The normalized spacial score (nSPS) is 10.7. The third kappa shape index (κ3) is 4.65. The predicted molar refractivity (Wildman–Crippen MR) is 106 cm³/mol. The van der Waals surface area contributed by atoms with E-state index >= 15 is 0 Å². The van der Waals surface area contributed by atoms with Crippen LogP contribution < -0.4 is 5.32 Å². The molecule has 7 heteroatoms. The average molecular weight is 387 g/mol. The Hall–Kier alpha value is -2.31. The van der Waals surface area contributed by atoms with Crippen LogP contribution in [0.15, 0.2) is 53.7 Å². The van der Waals surface area contributed by atoms with Crippen molar-refractivity contribution in [1.29, 1.82) is 0 Å². The fraction of sp³-hybridized carbons (Fsp3) is 0.211. The second-order valence-electron chi connectivity index (χ2n) is 5.91. The first kappa shape index (κ1) is 18.5. The number of para-hydroxylation sites is 1. The van der Waals surface area contributed by atoms with E-state index in [1.54, 1.807) is 0 Å². The molecular formula is C19H19ClN4OS. The van der Waals surface area contributed by atoms with Crippen LogP contribution in [0.1, 0.15) is 17.0 Å². The number of nitrogens with one attached hydrogen (secondary N) is 1. The highest BCUT2D eigenvalue weighted by Crippen LogP contribution is 2.19. The van der Waals surface area contributed by atoms with Gasteiger partial charge in [-0.2, -0.15) is 0 Å². The topological polar surface area (TPSA) is 59.8 Å². The third-order valence-electron chi connectivity index (χ3n) is 3.95. The highest BCUT2D eigenvalue weighted by Gasteiger charge is 2.12. The number of carbonyl (C=O) groups excluding carboxylic acids is 1. The van der Waals surface area contributed by atoms with Crippen LogP contribution in [0.25, 0.3) is 0 Å². The van der Waals surface area contributed by atoms with Gasteiger partial charge in [0.05, 0.1) is 5.75 Å². The van der Waals surface area contributed by atoms with Crippen LogP contribution >= 0.6 is 23.4 Å². The van der Waals surface area contributed by atoms with Gasteiger partial charge in [-0.15, -0.1) is 10.2 Å². The van der Waals surface area contributed by atoms with E-state index < -0.39 is 0 Å². The number of nitrogens with zero attached hydrogens (tertiary/aromatic N) is 3. The second kappa shape index (κ2) is 8.38. The highest BCUT2D eigenvalue weighted by molar-refractivity contribution is 7.99. The zero-order valence-corrected chi connectivity index (χ0v) is 16.1. The number of thioether (sulfide) groups is 1. The molecule has 2 aromatic carbocycles. The molecule has 0 fully saturated rings. The molecule has 134 valence electrons. The SMILES string of the molecule is Cc1ccccc1NC(=O)CSc1nnc(Cc2ccc(Cl)cc2)n1C. The molecule has 3 aromatic rings. The minimum absolute atomic E-state index is 0.0634. The van der Waals surface area contributed by atoms with Gasteiger partial charge in [0.1, 0.15) is 5.82 Å². The summed E-state index contributed by atoms with van der Waals surface area (Å²) in [5.74, 6) is 1.06. The Morgan fingerprint density at radius 2 is 1.88 bits per heavy atom. The number of rotatable bonds is 6. The minimum atomic E-state index is -0.0634. The molecular weight excluding hydrogens is 368 g/mol. The van der Waals surface area contributed by atoms with Crippen LogP contribution in [0.3, 0.4) is 0 Å². The van der Waals surface area contributed by atoms with Crippen LogP contribution in [-0.4, -0.2) is 26.4 Å².